The molecule has 0 bridgehead atoms. The Morgan fingerprint density at radius 3 is 2.81 bits per heavy atom. The lowest BCUT2D eigenvalue weighted by Crippen LogP contribution is -2.14. The van der Waals surface area contributed by atoms with Crippen LogP contribution in [0.3, 0.4) is 0 Å². The molecule has 0 aliphatic heterocycles. The highest BCUT2D eigenvalue weighted by molar-refractivity contribution is 9.10. The number of rotatable bonds is 3. The molecule has 0 amide bonds. The van der Waals surface area contributed by atoms with E-state index < -0.39 is 17.7 Å². The molecule has 0 saturated heterocycles. The number of benzene rings is 1. The second-order valence-corrected chi connectivity index (χ2v) is 3.93. The first-order chi connectivity index (χ1) is 7.58. The van der Waals surface area contributed by atoms with Crippen molar-refractivity contribution in [3.63, 3.8) is 0 Å². The predicted molar refractivity (Wildman–Crippen MR) is 59.1 cm³/mol. The minimum Gasteiger partial charge on any atom is -0.465 e. The molecule has 0 N–H and O–H groups in total. The molecule has 0 heterocycles. The summed E-state index contributed by atoms with van der Waals surface area (Å²) in [4.78, 5) is 11.4. The Balaban J connectivity index is 3.05. The molecule has 0 aliphatic carbocycles. The summed E-state index contributed by atoms with van der Waals surface area (Å²) in [5, 5.41) is 8.87. The van der Waals surface area contributed by atoms with Gasteiger partial charge in [0.15, 0.2) is 5.92 Å². The largest absolute Gasteiger partial charge is 0.465 e. The second-order valence-electron chi connectivity index (χ2n) is 3.02. The molecule has 0 aromatic heterocycles. The maximum Gasteiger partial charge on any atom is 0.327 e. The quantitative estimate of drug-likeness (QED) is 0.803. The Morgan fingerprint density at radius 1 is 1.62 bits per heavy atom. The first-order valence-corrected chi connectivity index (χ1v) is 5.40. The Kier molecular flexibility index (Phi) is 4.44. The number of carbonyl (C=O) groups is 1. The molecule has 0 radical (unpaired) electrons. The van der Waals surface area contributed by atoms with E-state index in [-0.39, 0.29) is 12.2 Å². The molecule has 3 nitrogen and oxygen atoms in total. The van der Waals surface area contributed by atoms with Crippen molar-refractivity contribution in [2.45, 2.75) is 12.8 Å². The summed E-state index contributed by atoms with van der Waals surface area (Å²) in [6, 6.07) is 5.72. The van der Waals surface area contributed by atoms with Crippen LogP contribution in [-0.4, -0.2) is 12.6 Å². The third-order valence-corrected chi connectivity index (χ3v) is 2.33. The Labute approximate surface area is 101 Å². The van der Waals surface area contributed by atoms with E-state index in [1.165, 1.54) is 12.1 Å². The van der Waals surface area contributed by atoms with Crippen molar-refractivity contribution in [2.75, 3.05) is 6.61 Å². The van der Waals surface area contributed by atoms with Crippen molar-refractivity contribution in [3.05, 3.63) is 34.1 Å². The highest BCUT2D eigenvalue weighted by atomic mass is 79.9. The van der Waals surface area contributed by atoms with Gasteiger partial charge in [-0.05, 0) is 30.7 Å². The highest BCUT2D eigenvalue weighted by Gasteiger charge is 2.22. The van der Waals surface area contributed by atoms with Gasteiger partial charge in [-0.15, -0.1) is 0 Å². The molecule has 0 spiro atoms. The number of nitrogens with zero attached hydrogens (tertiary/aromatic N) is 1. The smallest absolute Gasteiger partial charge is 0.327 e. The Hall–Kier alpha value is -1.41. The molecule has 0 aliphatic rings. The fourth-order valence-electron chi connectivity index (χ4n) is 1.23. The molecule has 16 heavy (non-hydrogen) atoms. The molecule has 84 valence electrons. The number of hydrogen-bond acceptors (Lipinski definition) is 3. The summed E-state index contributed by atoms with van der Waals surface area (Å²) in [5.74, 6) is -2.26. The lowest BCUT2D eigenvalue weighted by Gasteiger charge is -2.09. The van der Waals surface area contributed by atoms with Crippen LogP contribution in [0, 0.1) is 17.1 Å². The van der Waals surface area contributed by atoms with Gasteiger partial charge in [-0.3, -0.25) is 4.79 Å². The Morgan fingerprint density at radius 2 is 2.31 bits per heavy atom. The maximum absolute atomic E-state index is 13.1. The van der Waals surface area contributed by atoms with E-state index in [4.69, 9.17) is 10.00 Å². The molecule has 1 atom stereocenters. The molecule has 1 unspecified atom stereocenters. The molecule has 5 heteroatoms. The monoisotopic (exact) mass is 285 g/mol. The highest BCUT2D eigenvalue weighted by Crippen LogP contribution is 2.22. The molecular weight excluding hydrogens is 277 g/mol. The third kappa shape index (κ3) is 3.04. The van der Waals surface area contributed by atoms with E-state index in [0.717, 1.165) is 6.07 Å². The number of halogens is 2. The van der Waals surface area contributed by atoms with Gasteiger partial charge in [0, 0.05) is 4.47 Å². The third-order valence-electron chi connectivity index (χ3n) is 1.87. The van der Waals surface area contributed by atoms with E-state index in [1.807, 2.05) is 0 Å². The summed E-state index contributed by atoms with van der Waals surface area (Å²) in [7, 11) is 0. The van der Waals surface area contributed by atoms with Gasteiger partial charge < -0.3 is 4.74 Å². The van der Waals surface area contributed by atoms with Crippen LogP contribution in [-0.2, 0) is 9.53 Å². The minimum absolute atomic E-state index is 0.188. The predicted octanol–water partition coefficient (Wildman–Crippen LogP) is 2.76. The number of ether oxygens (including phenoxy) is 1. The number of nitriles is 1. The lowest BCUT2D eigenvalue weighted by atomic mass is 10.0. The second kappa shape index (κ2) is 5.61. The van der Waals surface area contributed by atoms with Crippen LogP contribution in [0.5, 0.6) is 0 Å². The lowest BCUT2D eigenvalue weighted by molar-refractivity contribution is -0.143. The van der Waals surface area contributed by atoms with Crippen LogP contribution in [0.4, 0.5) is 4.39 Å². The average Bonchev–Trinajstić information content (AvgIpc) is 2.17. The van der Waals surface area contributed by atoms with Gasteiger partial charge in [-0.1, -0.05) is 15.9 Å². The molecular formula is C11H9BrFNO2. The van der Waals surface area contributed by atoms with Gasteiger partial charge in [0.25, 0.3) is 0 Å². The van der Waals surface area contributed by atoms with Crippen molar-refractivity contribution in [2.24, 2.45) is 0 Å². The molecule has 1 rings (SSSR count). The normalized spacial score (nSPS) is 11.6. The standard InChI is InChI=1S/C11H9BrFNO2/c1-2-16-11(15)10(6-14)7-3-8(12)5-9(13)4-7/h3-5,10H,2H2,1H3. The average molecular weight is 286 g/mol. The number of carbonyl (C=O) groups excluding carboxylic acids is 1. The van der Waals surface area contributed by atoms with Gasteiger partial charge >= 0.3 is 5.97 Å². The summed E-state index contributed by atoms with van der Waals surface area (Å²) in [5.41, 5.74) is 0.285. The van der Waals surface area contributed by atoms with Crippen LogP contribution in [0.25, 0.3) is 0 Å². The fraction of sp³-hybridized carbons (Fsp3) is 0.273. The van der Waals surface area contributed by atoms with Crippen molar-refractivity contribution < 1.29 is 13.9 Å². The fourth-order valence-corrected chi connectivity index (χ4v) is 1.71. The van der Waals surface area contributed by atoms with E-state index in [9.17, 15) is 9.18 Å². The van der Waals surface area contributed by atoms with E-state index in [1.54, 1.807) is 13.0 Å². The zero-order chi connectivity index (χ0) is 12.1. The van der Waals surface area contributed by atoms with Crippen LogP contribution < -0.4 is 0 Å². The van der Waals surface area contributed by atoms with E-state index in [0.29, 0.717) is 4.47 Å². The van der Waals surface area contributed by atoms with Gasteiger partial charge in [0.1, 0.15) is 5.82 Å². The number of esters is 1. The summed E-state index contributed by atoms with van der Waals surface area (Å²) >= 11 is 3.10. The van der Waals surface area contributed by atoms with E-state index >= 15 is 0 Å². The first kappa shape index (κ1) is 12.7. The van der Waals surface area contributed by atoms with Crippen molar-refractivity contribution in [3.8, 4) is 6.07 Å². The van der Waals surface area contributed by atoms with Gasteiger partial charge in [-0.25, -0.2) is 4.39 Å². The molecule has 0 fully saturated rings. The van der Waals surface area contributed by atoms with Crippen molar-refractivity contribution in [1.82, 2.24) is 0 Å². The zero-order valence-electron chi connectivity index (χ0n) is 8.54. The van der Waals surface area contributed by atoms with Crippen molar-refractivity contribution >= 4 is 21.9 Å². The minimum atomic E-state index is -1.09. The zero-order valence-corrected chi connectivity index (χ0v) is 10.1. The SMILES string of the molecule is CCOC(=O)C(C#N)c1cc(F)cc(Br)c1. The van der Waals surface area contributed by atoms with Crippen LogP contribution in [0.2, 0.25) is 0 Å². The first-order valence-electron chi connectivity index (χ1n) is 4.60. The molecule has 1 aromatic rings. The topological polar surface area (TPSA) is 50.1 Å². The van der Waals surface area contributed by atoms with Gasteiger partial charge in [0.05, 0.1) is 12.7 Å². The van der Waals surface area contributed by atoms with E-state index in [2.05, 4.69) is 15.9 Å². The molecule has 1 aromatic carbocycles. The maximum atomic E-state index is 13.1. The van der Waals surface area contributed by atoms with Crippen LogP contribution >= 0.6 is 15.9 Å². The summed E-state index contributed by atoms with van der Waals surface area (Å²) < 4.78 is 18.3. The van der Waals surface area contributed by atoms with Gasteiger partial charge in [-0.2, -0.15) is 5.26 Å². The number of hydrogen-bond donors (Lipinski definition) is 0. The summed E-state index contributed by atoms with van der Waals surface area (Å²) in [6.45, 7) is 1.83. The van der Waals surface area contributed by atoms with Crippen LogP contribution in [0.1, 0.15) is 18.4 Å². The van der Waals surface area contributed by atoms with Gasteiger partial charge in [0.2, 0.25) is 0 Å². The van der Waals surface area contributed by atoms with Crippen molar-refractivity contribution in [1.29, 1.82) is 5.26 Å². The Bertz CT molecular complexity index is 422. The summed E-state index contributed by atoms with van der Waals surface area (Å²) in [6.07, 6.45) is 0. The van der Waals surface area contributed by atoms with Crippen LogP contribution in [0.15, 0.2) is 22.7 Å². The molecule has 0 saturated carbocycles.